The number of unbranched alkanes of at least 4 members (excludes halogenated alkanes) is 3. The van der Waals surface area contributed by atoms with Crippen LogP contribution in [0.15, 0.2) is 24.6 Å². The molecule has 2 N–H and O–H groups in total. The van der Waals surface area contributed by atoms with Crippen LogP contribution in [-0.2, 0) is 0 Å². The minimum absolute atomic E-state index is 0.201. The Kier molecular flexibility index (Phi) is 5.93. The lowest BCUT2D eigenvalue weighted by Gasteiger charge is -2.21. The van der Waals surface area contributed by atoms with E-state index in [1.165, 1.54) is 19.3 Å². The Morgan fingerprint density at radius 3 is 3.07 bits per heavy atom. The molecule has 1 rings (SSSR count). The summed E-state index contributed by atoms with van der Waals surface area (Å²) in [6, 6.07) is 0. The third-order valence-corrected chi connectivity index (χ3v) is 2.54. The Bertz CT molecular complexity index is 214. The molecule has 0 aromatic rings. The van der Waals surface area contributed by atoms with E-state index < -0.39 is 0 Å². The maximum Gasteiger partial charge on any atom is 0.118 e. The van der Waals surface area contributed by atoms with Crippen LogP contribution < -0.4 is 5.32 Å². The Labute approximate surface area is 92.5 Å². The zero-order valence-corrected chi connectivity index (χ0v) is 9.52. The van der Waals surface area contributed by atoms with E-state index in [-0.39, 0.29) is 12.8 Å². The molecule has 3 nitrogen and oxygen atoms in total. The largest absolute Gasteiger partial charge is 0.395 e. The summed E-state index contributed by atoms with van der Waals surface area (Å²) in [4.78, 5) is 2.09. The van der Waals surface area contributed by atoms with Crippen LogP contribution in [0.5, 0.6) is 0 Å². The number of aliphatic hydroxyl groups is 1. The minimum atomic E-state index is 0.201. The van der Waals surface area contributed by atoms with Crippen molar-refractivity contribution < 1.29 is 5.11 Å². The molecule has 0 radical (unpaired) electrons. The number of hydrogen-bond acceptors (Lipinski definition) is 3. The number of nitrogens with zero attached hydrogens (tertiary/aromatic N) is 1. The zero-order chi connectivity index (χ0) is 10.9. The molecule has 0 saturated carbocycles. The molecule has 1 atom stereocenters. The van der Waals surface area contributed by atoms with Crippen molar-refractivity contribution in [2.24, 2.45) is 0 Å². The summed E-state index contributed by atoms with van der Waals surface area (Å²) in [5.74, 6) is 0. The van der Waals surface area contributed by atoms with Crippen molar-refractivity contribution in [1.29, 1.82) is 0 Å². The molecular weight excluding hydrogens is 188 g/mol. The van der Waals surface area contributed by atoms with Gasteiger partial charge in [-0.1, -0.05) is 25.8 Å². The first kappa shape index (κ1) is 12.1. The van der Waals surface area contributed by atoms with E-state index in [9.17, 15) is 0 Å². The van der Waals surface area contributed by atoms with Gasteiger partial charge in [0.1, 0.15) is 6.17 Å². The Hall–Kier alpha value is -0.960. The van der Waals surface area contributed by atoms with Gasteiger partial charge in [0.15, 0.2) is 0 Å². The average molecular weight is 210 g/mol. The molecule has 0 saturated heterocycles. The smallest absolute Gasteiger partial charge is 0.118 e. The van der Waals surface area contributed by atoms with Crippen molar-refractivity contribution in [3.8, 4) is 0 Å². The summed E-state index contributed by atoms with van der Waals surface area (Å²) in [6.45, 7) is 3.11. The zero-order valence-electron chi connectivity index (χ0n) is 9.52. The summed E-state index contributed by atoms with van der Waals surface area (Å²) in [5.41, 5.74) is 0. The second-order valence-electron chi connectivity index (χ2n) is 3.81. The Morgan fingerprint density at radius 1 is 1.47 bits per heavy atom. The third-order valence-electron chi connectivity index (χ3n) is 2.54. The van der Waals surface area contributed by atoms with Crippen LogP contribution in [0.4, 0.5) is 0 Å². The van der Waals surface area contributed by atoms with E-state index in [0.29, 0.717) is 6.54 Å². The molecule has 1 aliphatic heterocycles. The van der Waals surface area contributed by atoms with Crippen LogP contribution in [0.2, 0.25) is 0 Å². The molecule has 0 bridgehead atoms. The fraction of sp³-hybridized carbons (Fsp3) is 0.667. The van der Waals surface area contributed by atoms with Gasteiger partial charge in [-0.15, -0.1) is 0 Å². The van der Waals surface area contributed by atoms with E-state index in [2.05, 4.69) is 29.3 Å². The van der Waals surface area contributed by atoms with Gasteiger partial charge in [0.25, 0.3) is 0 Å². The summed E-state index contributed by atoms with van der Waals surface area (Å²) >= 11 is 0. The van der Waals surface area contributed by atoms with Crippen molar-refractivity contribution in [2.75, 3.05) is 13.2 Å². The molecular formula is C12H22N2O. The predicted octanol–water partition coefficient (Wildman–Crippen LogP) is 1.82. The van der Waals surface area contributed by atoms with Gasteiger partial charge in [-0.05, 0) is 18.9 Å². The molecule has 0 fully saturated rings. The lowest BCUT2D eigenvalue weighted by atomic mass is 10.2. The standard InChI is InChI=1S/C12H22N2O/c1-2-3-4-5-6-7-12-13-8-9-14(12)10-11-15/h6-9,12-13,15H,2-5,10-11H2,1H3/b7-6+. The van der Waals surface area contributed by atoms with E-state index in [1.807, 2.05) is 12.4 Å². The van der Waals surface area contributed by atoms with Crippen LogP contribution >= 0.6 is 0 Å². The first-order valence-electron chi connectivity index (χ1n) is 5.84. The summed E-state index contributed by atoms with van der Waals surface area (Å²) in [6.07, 6.45) is 13.5. The van der Waals surface area contributed by atoms with Crippen LogP contribution in [0.25, 0.3) is 0 Å². The molecule has 15 heavy (non-hydrogen) atoms. The first-order valence-corrected chi connectivity index (χ1v) is 5.84. The highest BCUT2D eigenvalue weighted by Crippen LogP contribution is 2.07. The molecule has 0 aromatic heterocycles. The van der Waals surface area contributed by atoms with Crippen LogP contribution in [0.1, 0.15) is 32.6 Å². The van der Waals surface area contributed by atoms with E-state index in [0.717, 1.165) is 6.42 Å². The monoisotopic (exact) mass is 210 g/mol. The number of hydrogen-bond donors (Lipinski definition) is 2. The van der Waals surface area contributed by atoms with Gasteiger partial charge in [0, 0.05) is 18.9 Å². The lowest BCUT2D eigenvalue weighted by molar-refractivity contribution is 0.220. The number of β-amino-alcohol motifs (C(OH)–C–C–N with tert-alkyl or cyclic N) is 1. The van der Waals surface area contributed by atoms with Crippen molar-refractivity contribution in [3.05, 3.63) is 24.6 Å². The van der Waals surface area contributed by atoms with E-state index in [1.54, 1.807) is 0 Å². The van der Waals surface area contributed by atoms with Crippen molar-refractivity contribution >= 4 is 0 Å². The van der Waals surface area contributed by atoms with E-state index in [4.69, 9.17) is 5.11 Å². The second-order valence-corrected chi connectivity index (χ2v) is 3.81. The van der Waals surface area contributed by atoms with Crippen molar-refractivity contribution in [3.63, 3.8) is 0 Å². The fourth-order valence-electron chi connectivity index (χ4n) is 1.66. The molecule has 0 amide bonds. The van der Waals surface area contributed by atoms with Crippen LogP contribution in [-0.4, -0.2) is 29.3 Å². The number of aliphatic hydroxyl groups excluding tert-OH is 1. The van der Waals surface area contributed by atoms with E-state index >= 15 is 0 Å². The lowest BCUT2D eigenvalue weighted by Crippen LogP contribution is -2.35. The maximum absolute atomic E-state index is 8.86. The molecule has 3 heteroatoms. The quantitative estimate of drug-likeness (QED) is 0.497. The van der Waals surface area contributed by atoms with Gasteiger partial charge in [-0.25, -0.2) is 0 Å². The number of allylic oxidation sites excluding steroid dienone is 1. The summed E-state index contributed by atoms with van der Waals surface area (Å²) in [5, 5.41) is 12.1. The molecule has 1 unspecified atom stereocenters. The maximum atomic E-state index is 8.86. The third kappa shape index (κ3) is 4.38. The Balaban J connectivity index is 2.19. The van der Waals surface area contributed by atoms with Crippen molar-refractivity contribution in [1.82, 2.24) is 10.2 Å². The fourth-order valence-corrected chi connectivity index (χ4v) is 1.66. The minimum Gasteiger partial charge on any atom is -0.395 e. The highest BCUT2D eigenvalue weighted by molar-refractivity contribution is 5.04. The predicted molar refractivity (Wildman–Crippen MR) is 63.1 cm³/mol. The van der Waals surface area contributed by atoms with Crippen LogP contribution in [0.3, 0.4) is 0 Å². The molecule has 1 aliphatic rings. The normalized spacial score (nSPS) is 20.1. The molecule has 1 heterocycles. The van der Waals surface area contributed by atoms with Gasteiger partial charge in [0.05, 0.1) is 6.61 Å². The molecule has 0 aliphatic carbocycles. The number of rotatable bonds is 7. The van der Waals surface area contributed by atoms with Gasteiger partial charge >= 0.3 is 0 Å². The first-order chi connectivity index (χ1) is 7.38. The van der Waals surface area contributed by atoms with Crippen molar-refractivity contribution in [2.45, 2.75) is 38.8 Å². The Morgan fingerprint density at radius 2 is 2.33 bits per heavy atom. The summed E-state index contributed by atoms with van der Waals surface area (Å²) in [7, 11) is 0. The highest BCUT2D eigenvalue weighted by atomic mass is 16.3. The van der Waals surface area contributed by atoms with Gasteiger partial charge in [0.2, 0.25) is 0 Å². The molecule has 86 valence electrons. The van der Waals surface area contributed by atoms with Gasteiger partial charge in [-0.3, -0.25) is 0 Å². The molecule has 0 aromatic carbocycles. The van der Waals surface area contributed by atoms with Crippen LogP contribution in [0, 0.1) is 0 Å². The summed E-state index contributed by atoms with van der Waals surface area (Å²) < 4.78 is 0. The highest BCUT2D eigenvalue weighted by Gasteiger charge is 2.13. The number of nitrogens with one attached hydrogen (secondary N) is 1. The van der Waals surface area contributed by atoms with Gasteiger partial charge in [-0.2, -0.15) is 0 Å². The average Bonchev–Trinajstić information content (AvgIpc) is 2.66. The SMILES string of the molecule is CCCCC/C=C/C1NC=CN1CCO. The second kappa shape index (κ2) is 7.35. The topological polar surface area (TPSA) is 35.5 Å². The molecule has 0 spiro atoms. The van der Waals surface area contributed by atoms with Gasteiger partial charge < -0.3 is 15.3 Å².